The topological polar surface area (TPSA) is 85.0 Å². The van der Waals surface area contributed by atoms with Gasteiger partial charge in [-0.15, -0.1) is 0 Å². The van der Waals surface area contributed by atoms with E-state index in [-0.39, 0.29) is 30.7 Å². The number of benzene rings is 1. The van der Waals surface area contributed by atoms with Crippen LogP contribution in [0.25, 0.3) is 0 Å². The molecule has 3 rings (SSSR count). The van der Waals surface area contributed by atoms with Crippen molar-refractivity contribution in [3.8, 4) is 0 Å². The molecule has 1 aromatic rings. The third kappa shape index (κ3) is 6.01. The molecule has 29 heavy (non-hydrogen) atoms. The van der Waals surface area contributed by atoms with Crippen molar-refractivity contribution in [1.82, 2.24) is 20.0 Å². The van der Waals surface area contributed by atoms with Gasteiger partial charge in [-0.1, -0.05) is 22.9 Å². The summed E-state index contributed by atoms with van der Waals surface area (Å²) in [6.07, 6.45) is -0.0583. The van der Waals surface area contributed by atoms with Crippen molar-refractivity contribution in [2.75, 3.05) is 57.7 Å². The molecule has 158 valence electrons. The third-order valence-corrected chi connectivity index (χ3v) is 5.96. The standard InChI is InChI=1S/C20H28BrN5O3/c1-2-24-9-11-25(12-10-24)14-19(28)26-8-7-22-20(29)17(26)13-18(27)23-16-5-3-15(21)4-6-16/h3-6,17H,2,7-14H2,1H3,(H,22,29)(H,23,27)/t17-/m1/s1. The predicted octanol–water partition coefficient (Wildman–Crippen LogP) is 0.742. The molecule has 2 N–H and O–H groups in total. The fourth-order valence-corrected chi connectivity index (χ4v) is 3.95. The van der Waals surface area contributed by atoms with E-state index in [0.29, 0.717) is 18.8 Å². The van der Waals surface area contributed by atoms with Gasteiger partial charge in [-0.05, 0) is 30.8 Å². The van der Waals surface area contributed by atoms with Gasteiger partial charge >= 0.3 is 0 Å². The average molecular weight is 466 g/mol. The minimum atomic E-state index is -0.774. The smallest absolute Gasteiger partial charge is 0.243 e. The van der Waals surface area contributed by atoms with Crippen LogP contribution in [0.15, 0.2) is 28.7 Å². The highest BCUT2D eigenvalue weighted by Gasteiger charge is 2.35. The van der Waals surface area contributed by atoms with Gasteiger partial charge in [0.05, 0.1) is 13.0 Å². The lowest BCUT2D eigenvalue weighted by Crippen LogP contribution is -2.60. The molecule has 0 unspecified atom stereocenters. The van der Waals surface area contributed by atoms with Crippen LogP contribution in [0.5, 0.6) is 0 Å². The SMILES string of the molecule is CCN1CCN(CC(=O)N2CCNC(=O)[C@H]2CC(=O)Nc2ccc(Br)cc2)CC1. The first-order valence-electron chi connectivity index (χ1n) is 10.0. The second-order valence-corrected chi connectivity index (χ2v) is 8.28. The maximum absolute atomic E-state index is 12.9. The van der Waals surface area contributed by atoms with Crippen molar-refractivity contribution in [2.24, 2.45) is 0 Å². The summed E-state index contributed by atoms with van der Waals surface area (Å²) in [5, 5.41) is 5.57. The van der Waals surface area contributed by atoms with Crippen LogP contribution in [0.4, 0.5) is 5.69 Å². The van der Waals surface area contributed by atoms with Crippen LogP contribution in [0.1, 0.15) is 13.3 Å². The van der Waals surface area contributed by atoms with E-state index in [2.05, 4.69) is 43.3 Å². The lowest BCUT2D eigenvalue weighted by Gasteiger charge is -2.38. The average Bonchev–Trinajstić information content (AvgIpc) is 2.71. The number of hydrogen-bond acceptors (Lipinski definition) is 5. The van der Waals surface area contributed by atoms with Crippen LogP contribution >= 0.6 is 15.9 Å². The highest BCUT2D eigenvalue weighted by molar-refractivity contribution is 9.10. The summed E-state index contributed by atoms with van der Waals surface area (Å²) in [6, 6.07) is 6.45. The van der Waals surface area contributed by atoms with Gasteiger partial charge in [-0.3, -0.25) is 19.3 Å². The zero-order valence-corrected chi connectivity index (χ0v) is 18.3. The van der Waals surface area contributed by atoms with Crippen molar-refractivity contribution in [3.63, 3.8) is 0 Å². The second kappa shape index (κ2) is 10.2. The van der Waals surface area contributed by atoms with Crippen molar-refractivity contribution in [3.05, 3.63) is 28.7 Å². The molecule has 3 amide bonds. The minimum Gasteiger partial charge on any atom is -0.353 e. The molecule has 0 radical (unpaired) electrons. The van der Waals surface area contributed by atoms with Crippen LogP contribution in [-0.2, 0) is 14.4 Å². The molecule has 2 aliphatic rings. The van der Waals surface area contributed by atoms with Gasteiger partial charge in [0.25, 0.3) is 0 Å². The van der Waals surface area contributed by atoms with E-state index in [1.807, 2.05) is 12.1 Å². The Morgan fingerprint density at radius 2 is 1.76 bits per heavy atom. The Bertz CT molecular complexity index is 734. The summed E-state index contributed by atoms with van der Waals surface area (Å²) in [5.74, 6) is -0.652. The number of nitrogens with zero attached hydrogens (tertiary/aromatic N) is 3. The first-order valence-corrected chi connectivity index (χ1v) is 10.8. The van der Waals surface area contributed by atoms with Crippen molar-refractivity contribution < 1.29 is 14.4 Å². The molecule has 2 fully saturated rings. The quantitative estimate of drug-likeness (QED) is 0.647. The fourth-order valence-electron chi connectivity index (χ4n) is 3.68. The van der Waals surface area contributed by atoms with Gasteiger partial charge in [-0.25, -0.2) is 0 Å². The fraction of sp³-hybridized carbons (Fsp3) is 0.550. The molecule has 0 aliphatic carbocycles. The predicted molar refractivity (Wildman–Crippen MR) is 114 cm³/mol. The number of anilines is 1. The molecular weight excluding hydrogens is 438 g/mol. The number of carbonyl (C=O) groups excluding carboxylic acids is 3. The molecular formula is C20H28BrN5O3. The number of piperazine rings is 2. The zero-order valence-electron chi connectivity index (χ0n) is 16.7. The van der Waals surface area contributed by atoms with Gasteiger partial charge in [0, 0.05) is 49.4 Å². The van der Waals surface area contributed by atoms with Crippen LogP contribution in [-0.4, -0.2) is 90.8 Å². The summed E-state index contributed by atoms with van der Waals surface area (Å²) < 4.78 is 0.915. The Morgan fingerprint density at radius 3 is 2.41 bits per heavy atom. The van der Waals surface area contributed by atoms with E-state index < -0.39 is 6.04 Å². The number of hydrogen-bond donors (Lipinski definition) is 2. The lowest BCUT2D eigenvalue weighted by atomic mass is 10.1. The van der Waals surface area contributed by atoms with Gasteiger partial charge in [0.1, 0.15) is 6.04 Å². The zero-order chi connectivity index (χ0) is 20.8. The summed E-state index contributed by atoms with van der Waals surface area (Å²) in [5.41, 5.74) is 0.654. The van der Waals surface area contributed by atoms with Gasteiger partial charge in [0.15, 0.2) is 0 Å². The molecule has 0 bridgehead atoms. The highest BCUT2D eigenvalue weighted by Crippen LogP contribution is 2.16. The van der Waals surface area contributed by atoms with E-state index in [9.17, 15) is 14.4 Å². The molecule has 0 spiro atoms. The molecule has 2 aliphatic heterocycles. The summed E-state index contributed by atoms with van der Waals surface area (Å²) in [6.45, 7) is 7.86. The summed E-state index contributed by atoms with van der Waals surface area (Å²) in [4.78, 5) is 43.8. The van der Waals surface area contributed by atoms with Crippen molar-refractivity contribution in [2.45, 2.75) is 19.4 Å². The van der Waals surface area contributed by atoms with Crippen LogP contribution in [0.3, 0.4) is 0 Å². The van der Waals surface area contributed by atoms with E-state index in [4.69, 9.17) is 0 Å². The van der Waals surface area contributed by atoms with E-state index in [1.165, 1.54) is 0 Å². The number of carbonyl (C=O) groups is 3. The van der Waals surface area contributed by atoms with Crippen LogP contribution in [0.2, 0.25) is 0 Å². The molecule has 2 heterocycles. The molecule has 0 aromatic heterocycles. The maximum Gasteiger partial charge on any atom is 0.243 e. The van der Waals surface area contributed by atoms with Crippen molar-refractivity contribution in [1.29, 1.82) is 0 Å². The number of likely N-dealkylation sites (N-methyl/N-ethyl adjacent to an activating group) is 1. The van der Waals surface area contributed by atoms with Crippen LogP contribution in [0, 0.1) is 0 Å². The van der Waals surface area contributed by atoms with Crippen molar-refractivity contribution >= 4 is 39.3 Å². The third-order valence-electron chi connectivity index (χ3n) is 5.43. The van der Waals surface area contributed by atoms with Crippen LogP contribution < -0.4 is 10.6 Å². The normalized spacial score (nSPS) is 21.0. The largest absolute Gasteiger partial charge is 0.353 e. The first kappa shape index (κ1) is 21.7. The monoisotopic (exact) mass is 465 g/mol. The molecule has 8 nitrogen and oxygen atoms in total. The Balaban J connectivity index is 1.58. The van der Waals surface area contributed by atoms with E-state index in [0.717, 1.165) is 37.2 Å². The molecule has 1 atom stereocenters. The van der Waals surface area contributed by atoms with Gasteiger partial charge in [-0.2, -0.15) is 0 Å². The number of halogens is 1. The highest BCUT2D eigenvalue weighted by atomic mass is 79.9. The van der Waals surface area contributed by atoms with Gasteiger partial charge in [0.2, 0.25) is 17.7 Å². The molecule has 1 aromatic carbocycles. The van der Waals surface area contributed by atoms with E-state index >= 15 is 0 Å². The summed E-state index contributed by atoms with van der Waals surface area (Å²) in [7, 11) is 0. The Labute approximate surface area is 179 Å². The molecule has 9 heteroatoms. The lowest BCUT2D eigenvalue weighted by molar-refractivity contribution is -0.145. The van der Waals surface area contributed by atoms with E-state index in [1.54, 1.807) is 17.0 Å². The Hall–Kier alpha value is -1.97. The minimum absolute atomic E-state index is 0.0583. The second-order valence-electron chi connectivity index (χ2n) is 7.36. The number of nitrogens with one attached hydrogen (secondary N) is 2. The number of rotatable bonds is 6. The first-order chi connectivity index (χ1) is 14.0. The Morgan fingerprint density at radius 1 is 1.10 bits per heavy atom. The van der Waals surface area contributed by atoms with Gasteiger partial charge < -0.3 is 20.4 Å². The molecule has 0 saturated carbocycles. The number of amides is 3. The molecule has 2 saturated heterocycles. The summed E-state index contributed by atoms with van der Waals surface area (Å²) >= 11 is 3.35. The Kier molecular flexibility index (Phi) is 7.63. The maximum atomic E-state index is 12.9.